The molecule has 0 aliphatic rings. The van der Waals surface area contributed by atoms with Crippen LogP contribution < -0.4 is 10.1 Å². The summed E-state index contributed by atoms with van der Waals surface area (Å²) in [6, 6.07) is 8.53. The highest BCUT2D eigenvalue weighted by atomic mass is 35.5. The number of methoxy groups -OCH3 is 1. The van der Waals surface area contributed by atoms with Crippen molar-refractivity contribution in [3.63, 3.8) is 0 Å². The van der Waals surface area contributed by atoms with Crippen LogP contribution in [-0.4, -0.2) is 12.0 Å². The highest BCUT2D eigenvalue weighted by Gasteiger charge is 2.10. The van der Waals surface area contributed by atoms with Crippen molar-refractivity contribution in [3.8, 4) is 5.75 Å². The number of hydrogen-bond donors (Lipinski definition) is 1. The first-order chi connectivity index (χ1) is 10.0. The molecule has 0 heterocycles. The summed E-state index contributed by atoms with van der Waals surface area (Å²) >= 11 is 6.00. The lowest BCUT2D eigenvalue weighted by molar-refractivity contribution is -0.384. The minimum Gasteiger partial charge on any atom is -0.494 e. The van der Waals surface area contributed by atoms with Crippen LogP contribution in [0.15, 0.2) is 36.4 Å². The van der Waals surface area contributed by atoms with Crippen molar-refractivity contribution >= 4 is 23.0 Å². The Morgan fingerprint density at radius 1 is 1.33 bits per heavy atom. The number of non-ortho nitro benzene ring substituents is 1. The number of hydrogen-bond acceptors (Lipinski definition) is 4. The molecule has 0 radical (unpaired) electrons. The summed E-state index contributed by atoms with van der Waals surface area (Å²) in [5.41, 5.74) is 1.16. The van der Waals surface area contributed by atoms with E-state index >= 15 is 0 Å². The Kier molecular flexibility index (Phi) is 4.59. The van der Waals surface area contributed by atoms with E-state index in [1.807, 2.05) is 0 Å². The number of halogens is 2. The SMILES string of the molecule is COc1cc(NCc2cc([N+](=O)[O-])ccc2Cl)ccc1F. The monoisotopic (exact) mass is 310 g/mol. The molecule has 0 saturated heterocycles. The number of nitro groups is 1. The van der Waals surface area contributed by atoms with Crippen molar-refractivity contribution in [2.75, 3.05) is 12.4 Å². The van der Waals surface area contributed by atoms with E-state index in [4.69, 9.17) is 16.3 Å². The molecular weight excluding hydrogens is 299 g/mol. The van der Waals surface area contributed by atoms with Gasteiger partial charge < -0.3 is 10.1 Å². The highest BCUT2D eigenvalue weighted by molar-refractivity contribution is 6.31. The van der Waals surface area contributed by atoms with E-state index in [1.54, 1.807) is 6.07 Å². The predicted octanol–water partition coefficient (Wildman–Crippen LogP) is 4.01. The number of nitrogens with one attached hydrogen (secondary N) is 1. The average molecular weight is 311 g/mol. The normalized spacial score (nSPS) is 10.2. The van der Waals surface area contributed by atoms with Gasteiger partial charge in [-0.1, -0.05) is 11.6 Å². The molecule has 110 valence electrons. The topological polar surface area (TPSA) is 64.4 Å². The van der Waals surface area contributed by atoms with Crippen molar-refractivity contribution in [2.45, 2.75) is 6.54 Å². The summed E-state index contributed by atoms with van der Waals surface area (Å²) in [5.74, 6) is -0.346. The molecule has 2 aromatic carbocycles. The first kappa shape index (κ1) is 15.1. The van der Waals surface area contributed by atoms with E-state index in [2.05, 4.69) is 5.32 Å². The summed E-state index contributed by atoms with van der Waals surface area (Å²) in [5, 5.41) is 14.2. The number of anilines is 1. The van der Waals surface area contributed by atoms with Gasteiger partial charge in [-0.25, -0.2) is 4.39 Å². The maximum absolute atomic E-state index is 13.3. The summed E-state index contributed by atoms with van der Waals surface area (Å²) in [6.07, 6.45) is 0. The second-order valence-electron chi connectivity index (χ2n) is 4.24. The largest absolute Gasteiger partial charge is 0.494 e. The molecule has 0 aliphatic heterocycles. The van der Waals surface area contributed by atoms with E-state index in [-0.39, 0.29) is 18.0 Å². The molecule has 0 amide bonds. The fraction of sp³-hybridized carbons (Fsp3) is 0.143. The Bertz CT molecular complexity index is 679. The molecule has 0 aliphatic carbocycles. The molecule has 0 aromatic heterocycles. The highest BCUT2D eigenvalue weighted by Crippen LogP contribution is 2.25. The van der Waals surface area contributed by atoms with Crippen LogP contribution in [0, 0.1) is 15.9 Å². The Balaban J connectivity index is 2.16. The van der Waals surface area contributed by atoms with Gasteiger partial charge in [0, 0.05) is 35.5 Å². The second-order valence-corrected chi connectivity index (χ2v) is 4.64. The quantitative estimate of drug-likeness (QED) is 0.669. The fourth-order valence-electron chi connectivity index (χ4n) is 1.78. The third-order valence-corrected chi connectivity index (χ3v) is 3.24. The van der Waals surface area contributed by atoms with Crippen molar-refractivity contribution in [2.24, 2.45) is 0 Å². The maximum atomic E-state index is 13.3. The molecule has 0 atom stereocenters. The predicted molar refractivity (Wildman–Crippen MR) is 78.4 cm³/mol. The number of rotatable bonds is 5. The van der Waals surface area contributed by atoms with Gasteiger partial charge in [0.1, 0.15) is 0 Å². The first-order valence-corrected chi connectivity index (χ1v) is 6.39. The van der Waals surface area contributed by atoms with E-state index in [0.29, 0.717) is 16.3 Å². The maximum Gasteiger partial charge on any atom is 0.269 e. The van der Waals surface area contributed by atoms with Gasteiger partial charge in [0.25, 0.3) is 5.69 Å². The summed E-state index contributed by atoms with van der Waals surface area (Å²) < 4.78 is 18.2. The lowest BCUT2D eigenvalue weighted by atomic mass is 10.2. The van der Waals surface area contributed by atoms with E-state index in [0.717, 1.165) is 0 Å². The van der Waals surface area contributed by atoms with E-state index in [9.17, 15) is 14.5 Å². The van der Waals surface area contributed by atoms with E-state index in [1.165, 1.54) is 37.4 Å². The zero-order valence-electron chi connectivity index (χ0n) is 11.1. The molecule has 0 bridgehead atoms. The van der Waals surface area contributed by atoms with Gasteiger partial charge in [0.05, 0.1) is 12.0 Å². The van der Waals surface area contributed by atoms with Crippen molar-refractivity contribution in [1.29, 1.82) is 0 Å². The summed E-state index contributed by atoms with van der Waals surface area (Å²) in [6.45, 7) is 0.273. The Hall–Kier alpha value is -2.34. The van der Waals surface area contributed by atoms with Gasteiger partial charge in [0.2, 0.25) is 0 Å². The number of nitrogens with zero attached hydrogens (tertiary/aromatic N) is 1. The lowest BCUT2D eigenvalue weighted by Crippen LogP contribution is -2.02. The minimum absolute atomic E-state index is 0.0344. The Morgan fingerprint density at radius 3 is 2.76 bits per heavy atom. The number of nitro benzene ring substituents is 1. The minimum atomic E-state index is -0.485. The average Bonchev–Trinajstić information content (AvgIpc) is 2.47. The third kappa shape index (κ3) is 3.61. The lowest BCUT2D eigenvalue weighted by Gasteiger charge is -2.10. The van der Waals surface area contributed by atoms with Crippen LogP contribution in [-0.2, 0) is 6.54 Å². The number of ether oxygens (including phenoxy) is 1. The second kappa shape index (κ2) is 6.41. The summed E-state index contributed by atoms with van der Waals surface area (Å²) in [4.78, 5) is 10.3. The molecule has 0 fully saturated rings. The van der Waals surface area contributed by atoms with Crippen LogP contribution in [0.1, 0.15) is 5.56 Å². The zero-order chi connectivity index (χ0) is 15.4. The zero-order valence-corrected chi connectivity index (χ0v) is 11.9. The molecule has 1 N–H and O–H groups in total. The Morgan fingerprint density at radius 2 is 2.10 bits per heavy atom. The van der Waals surface area contributed by atoms with Gasteiger partial charge in [-0.3, -0.25) is 10.1 Å². The van der Waals surface area contributed by atoms with Crippen molar-refractivity contribution < 1.29 is 14.1 Å². The molecule has 0 saturated carbocycles. The molecular formula is C14H12ClFN2O3. The van der Waals surface area contributed by atoms with Crippen LogP contribution in [0.4, 0.5) is 15.8 Å². The number of benzene rings is 2. The van der Waals surface area contributed by atoms with Gasteiger partial charge in [-0.05, 0) is 23.8 Å². The van der Waals surface area contributed by atoms with E-state index < -0.39 is 10.7 Å². The summed E-state index contributed by atoms with van der Waals surface area (Å²) in [7, 11) is 1.37. The van der Waals surface area contributed by atoms with Crippen LogP contribution in [0.25, 0.3) is 0 Å². The molecule has 2 rings (SSSR count). The molecule has 21 heavy (non-hydrogen) atoms. The molecule has 0 spiro atoms. The molecule has 7 heteroatoms. The van der Waals surface area contributed by atoms with Crippen LogP contribution >= 0.6 is 11.6 Å². The Labute approximate surface area is 125 Å². The van der Waals surface area contributed by atoms with Crippen molar-refractivity contribution in [1.82, 2.24) is 0 Å². The van der Waals surface area contributed by atoms with Gasteiger partial charge >= 0.3 is 0 Å². The fourth-order valence-corrected chi connectivity index (χ4v) is 1.96. The third-order valence-electron chi connectivity index (χ3n) is 2.87. The first-order valence-electron chi connectivity index (χ1n) is 6.01. The van der Waals surface area contributed by atoms with Crippen LogP contribution in [0.5, 0.6) is 5.75 Å². The van der Waals surface area contributed by atoms with Gasteiger partial charge in [-0.2, -0.15) is 0 Å². The molecule has 2 aromatic rings. The van der Waals surface area contributed by atoms with Gasteiger partial charge in [0.15, 0.2) is 11.6 Å². The standard InChI is InChI=1S/C14H12ClFN2O3/c1-21-14-7-10(2-5-13(14)16)17-8-9-6-11(18(19)20)3-4-12(9)15/h2-7,17H,8H2,1H3. The van der Waals surface area contributed by atoms with Gasteiger partial charge in [-0.15, -0.1) is 0 Å². The molecule has 5 nitrogen and oxygen atoms in total. The smallest absolute Gasteiger partial charge is 0.269 e. The molecule has 0 unspecified atom stereocenters. The van der Waals surface area contributed by atoms with Crippen LogP contribution in [0.3, 0.4) is 0 Å². The van der Waals surface area contributed by atoms with Crippen molar-refractivity contribution in [3.05, 3.63) is 62.9 Å². The van der Waals surface area contributed by atoms with Crippen LogP contribution in [0.2, 0.25) is 5.02 Å².